The summed E-state index contributed by atoms with van der Waals surface area (Å²) in [5.41, 5.74) is -1.73. The van der Waals surface area contributed by atoms with Gasteiger partial charge in [0.1, 0.15) is 11.6 Å². The molecule has 5 nitrogen and oxygen atoms in total. The molecule has 0 saturated heterocycles. The van der Waals surface area contributed by atoms with Gasteiger partial charge in [0, 0.05) is 30.0 Å². The first-order valence-corrected chi connectivity index (χ1v) is 13.3. The minimum Gasteiger partial charge on any atom is -0.296 e. The highest BCUT2D eigenvalue weighted by atomic mass is 32.1. The molecule has 14 heteroatoms. The molecule has 1 amide bonds. The number of rotatable bonds is 6. The summed E-state index contributed by atoms with van der Waals surface area (Å²) in [5, 5.41) is 4.59. The number of amides is 1. The molecule has 0 spiro atoms. The Morgan fingerprint density at radius 3 is 2.16 bits per heavy atom. The van der Waals surface area contributed by atoms with Gasteiger partial charge in [-0.1, -0.05) is 36.4 Å². The second-order valence-electron chi connectivity index (χ2n) is 10.2. The second-order valence-corrected chi connectivity index (χ2v) is 10.2. The van der Waals surface area contributed by atoms with Crippen LogP contribution in [0.2, 0.25) is 0 Å². The molecule has 0 saturated carbocycles. The number of carbonyl (C=O) groups excluding carboxylic acids is 2. The van der Waals surface area contributed by atoms with Crippen LogP contribution in [-0.4, -0.2) is 28.0 Å². The lowest BCUT2D eigenvalue weighted by Crippen LogP contribution is -2.45. The number of hydrogen-bond acceptors (Lipinski definition) is 3. The number of aromatic nitrogens is 2. The summed E-state index contributed by atoms with van der Waals surface area (Å²) in [6.07, 6.45) is -10.4. The van der Waals surface area contributed by atoms with E-state index in [9.17, 15) is 40.3 Å². The van der Waals surface area contributed by atoms with Crippen LogP contribution in [0.4, 0.5) is 36.6 Å². The zero-order valence-corrected chi connectivity index (χ0v) is 25.8. The molecule has 0 aliphatic carbocycles. The number of para-hydroxylation sites is 1. The van der Waals surface area contributed by atoms with Crippen molar-refractivity contribution in [3.63, 3.8) is 0 Å². The van der Waals surface area contributed by atoms with Gasteiger partial charge in [0.05, 0.1) is 28.4 Å². The van der Waals surface area contributed by atoms with Crippen molar-refractivity contribution in [2.45, 2.75) is 38.5 Å². The van der Waals surface area contributed by atoms with Crippen molar-refractivity contribution >= 4 is 44.5 Å². The third-order valence-corrected chi connectivity index (χ3v) is 7.52. The summed E-state index contributed by atoms with van der Waals surface area (Å²) < 4.78 is 97.2. The van der Waals surface area contributed by atoms with Gasteiger partial charge in [-0.25, -0.2) is 9.07 Å². The van der Waals surface area contributed by atoms with Crippen LogP contribution in [0.5, 0.6) is 0 Å². The molecule has 45 heavy (non-hydrogen) atoms. The van der Waals surface area contributed by atoms with Gasteiger partial charge in [-0.05, 0) is 55.8 Å². The lowest BCUT2D eigenvalue weighted by Gasteiger charge is -2.38. The third-order valence-electron chi connectivity index (χ3n) is 7.52. The fourth-order valence-electron chi connectivity index (χ4n) is 5.60. The molecule has 0 fully saturated rings. The Morgan fingerprint density at radius 1 is 0.889 bits per heavy atom. The molecule has 2 heterocycles. The maximum absolute atomic E-state index is 14.3. The first kappa shape index (κ1) is 35.7. The number of nitrogens with zero attached hydrogens (tertiary/aromatic N) is 3. The number of fused-ring (bicyclic) bond motifs is 1. The van der Waals surface area contributed by atoms with E-state index in [4.69, 9.17) is 0 Å². The smallest absolute Gasteiger partial charge is 0.296 e. The number of Topliss-reactive ketones (excluding diaryl/α,β-unsaturated/α-hetero) is 1. The number of aryl methyl sites for hydroxylation is 1. The summed E-state index contributed by atoms with van der Waals surface area (Å²) in [5.74, 6) is -5.19. The molecule has 0 bridgehead atoms. The van der Waals surface area contributed by atoms with Crippen molar-refractivity contribution in [2.24, 2.45) is 5.92 Å². The van der Waals surface area contributed by atoms with Gasteiger partial charge < -0.3 is 0 Å². The Balaban J connectivity index is 0.00000276. The minimum absolute atomic E-state index is 0. The average Bonchev–Trinajstić information content (AvgIpc) is 3.29. The van der Waals surface area contributed by atoms with Crippen LogP contribution in [0.1, 0.15) is 57.6 Å². The summed E-state index contributed by atoms with van der Waals surface area (Å²) in [6, 6.07) is 14.8. The molecule has 0 unspecified atom stereocenters. The van der Waals surface area contributed by atoms with E-state index in [1.54, 1.807) is 44.2 Å². The summed E-state index contributed by atoms with van der Waals surface area (Å²) in [6.45, 7) is 3.38. The number of halogens is 7. The number of benzene rings is 3. The molecule has 1 aliphatic rings. The molecule has 0 radical (unpaired) electrons. The second kappa shape index (κ2) is 13.3. The number of anilines is 1. The number of alkyl halides is 6. The first-order valence-electron chi connectivity index (χ1n) is 13.3. The van der Waals surface area contributed by atoms with Crippen molar-refractivity contribution in [1.82, 2.24) is 9.78 Å². The quantitative estimate of drug-likeness (QED) is 0.154. The van der Waals surface area contributed by atoms with E-state index in [0.29, 0.717) is 35.1 Å². The molecule has 240 valence electrons. The zero-order chi connectivity index (χ0) is 31.3. The van der Waals surface area contributed by atoms with Crippen molar-refractivity contribution in [3.8, 4) is 5.69 Å². The highest BCUT2D eigenvalue weighted by Crippen LogP contribution is 2.48. The highest BCUT2D eigenvalue weighted by molar-refractivity contribution is 7.59. The molecule has 3 aromatic carbocycles. The predicted octanol–water partition coefficient (Wildman–Crippen LogP) is 7.97. The van der Waals surface area contributed by atoms with E-state index in [1.165, 1.54) is 15.6 Å². The first-order chi connectivity index (χ1) is 20.2. The fraction of sp³-hybridized carbons (Fsp3) is 0.258. The van der Waals surface area contributed by atoms with Crippen molar-refractivity contribution in [3.05, 3.63) is 112 Å². The van der Waals surface area contributed by atoms with Gasteiger partial charge in [-0.3, -0.25) is 14.5 Å². The van der Waals surface area contributed by atoms with Crippen LogP contribution in [0.3, 0.4) is 0 Å². The standard InChI is InChI=1S/C31H24F7N3O2.2H2S/c1-3-40-28-26(17(2)39-41(28)21-10-5-4-6-11-21)27(19-12-13-24(32)23(15-19)31(36,37)38)22(29(40)43)16-25(42)18-8-7-9-20(14-18)30(33,34)35;;/h4-15,22,27H,3,16H2,1-2H3;2*1H2/t22-,27+;;/m0../s1. The predicted molar refractivity (Wildman–Crippen MR) is 164 cm³/mol. The topological polar surface area (TPSA) is 55.2 Å². The molecular formula is C31H28F7N3O2S2. The van der Waals surface area contributed by atoms with Crippen LogP contribution in [0.15, 0.2) is 72.8 Å². The van der Waals surface area contributed by atoms with Crippen molar-refractivity contribution in [1.29, 1.82) is 0 Å². The van der Waals surface area contributed by atoms with E-state index in [0.717, 1.165) is 18.2 Å². The Morgan fingerprint density at radius 2 is 1.56 bits per heavy atom. The lowest BCUT2D eigenvalue weighted by molar-refractivity contribution is -0.140. The molecule has 2 atom stereocenters. The van der Waals surface area contributed by atoms with Gasteiger partial charge in [0.25, 0.3) is 0 Å². The van der Waals surface area contributed by atoms with E-state index in [-0.39, 0.29) is 50.5 Å². The van der Waals surface area contributed by atoms with E-state index < -0.39 is 59.2 Å². The largest absolute Gasteiger partial charge is 0.419 e. The minimum atomic E-state index is -5.05. The molecule has 5 rings (SSSR count). The number of hydrogen-bond donors (Lipinski definition) is 0. The van der Waals surface area contributed by atoms with Gasteiger partial charge in [0.15, 0.2) is 5.78 Å². The molecular weight excluding hydrogens is 643 g/mol. The van der Waals surface area contributed by atoms with Gasteiger partial charge >= 0.3 is 12.4 Å². The normalized spacial score (nSPS) is 16.5. The van der Waals surface area contributed by atoms with Crippen LogP contribution >= 0.6 is 27.0 Å². The van der Waals surface area contributed by atoms with Gasteiger partial charge in [-0.15, -0.1) is 0 Å². The number of ketones is 1. The van der Waals surface area contributed by atoms with Gasteiger partial charge in [-0.2, -0.15) is 58.4 Å². The molecule has 0 N–H and O–H groups in total. The average molecular weight is 672 g/mol. The molecule has 4 aromatic rings. The maximum Gasteiger partial charge on any atom is 0.419 e. The molecule has 1 aliphatic heterocycles. The Kier molecular flexibility index (Phi) is 10.5. The third kappa shape index (κ3) is 6.76. The lowest BCUT2D eigenvalue weighted by atomic mass is 9.74. The maximum atomic E-state index is 14.3. The fourth-order valence-corrected chi connectivity index (χ4v) is 5.60. The zero-order valence-electron chi connectivity index (χ0n) is 23.8. The highest BCUT2D eigenvalue weighted by Gasteiger charge is 2.46. The van der Waals surface area contributed by atoms with Crippen LogP contribution in [0, 0.1) is 18.7 Å². The van der Waals surface area contributed by atoms with E-state index in [2.05, 4.69) is 5.10 Å². The van der Waals surface area contributed by atoms with E-state index >= 15 is 0 Å². The van der Waals surface area contributed by atoms with Crippen molar-refractivity contribution in [2.75, 3.05) is 11.4 Å². The van der Waals surface area contributed by atoms with Crippen LogP contribution in [-0.2, 0) is 17.1 Å². The monoisotopic (exact) mass is 671 g/mol. The Bertz CT molecular complexity index is 1710. The Hall–Kier alpha value is -3.78. The van der Waals surface area contributed by atoms with E-state index in [1.807, 2.05) is 0 Å². The van der Waals surface area contributed by atoms with Crippen molar-refractivity contribution < 1.29 is 40.3 Å². The van der Waals surface area contributed by atoms with Crippen LogP contribution in [0.25, 0.3) is 5.69 Å². The summed E-state index contributed by atoms with van der Waals surface area (Å²) >= 11 is 0. The summed E-state index contributed by atoms with van der Waals surface area (Å²) in [7, 11) is 0. The summed E-state index contributed by atoms with van der Waals surface area (Å²) in [4.78, 5) is 28.9. The SMILES string of the molecule is CCN1C(=O)[C@@H](CC(=O)c2cccc(C(F)(F)F)c2)[C@@H](c2ccc(F)c(C(F)(F)F)c2)c2c(C)nn(-c3ccccc3)c21.S.S. The Labute approximate surface area is 267 Å². The molecule has 1 aromatic heterocycles. The van der Waals surface area contributed by atoms with Gasteiger partial charge in [0.2, 0.25) is 5.91 Å². The number of carbonyl (C=O) groups is 2. The van der Waals surface area contributed by atoms with Crippen LogP contribution < -0.4 is 4.90 Å².